The van der Waals surface area contributed by atoms with Crippen LogP contribution in [0.5, 0.6) is 0 Å². The number of rotatable bonds is 54. The zero-order valence-corrected chi connectivity index (χ0v) is 44.7. The van der Waals surface area contributed by atoms with Crippen molar-refractivity contribution in [1.29, 1.82) is 0 Å². The zero-order valence-electron chi connectivity index (χ0n) is 43.8. The van der Waals surface area contributed by atoms with Crippen molar-refractivity contribution in [3.8, 4) is 0 Å². The van der Waals surface area contributed by atoms with E-state index in [4.69, 9.17) is 18.5 Å². The van der Waals surface area contributed by atoms with Crippen LogP contribution in [0.25, 0.3) is 0 Å². The minimum Gasteiger partial charge on any atom is -0.756 e. The number of unbranched alkanes of at least 4 members (excludes halogenated alkanes) is 40. The third-order valence-electron chi connectivity index (χ3n) is 12.9. The van der Waals surface area contributed by atoms with Gasteiger partial charge >= 0.3 is 5.97 Å². The summed E-state index contributed by atoms with van der Waals surface area (Å²) < 4.78 is 34.8. The molecule has 64 heavy (non-hydrogen) atoms. The Kier molecular flexibility index (Phi) is 48.6. The molecule has 2 atom stereocenters. The van der Waals surface area contributed by atoms with Crippen LogP contribution in [-0.4, -0.2) is 70.7 Å². The van der Waals surface area contributed by atoms with E-state index in [1.165, 1.54) is 238 Å². The SMILES string of the molecule is CCCCCCCCCCCCCCCCCCCCCCCCCCC(=O)OC(COCCCCCCCCCCCCCCCCCCCC)COP(=O)([O-])OCC[N+](C)(C)C. The second kappa shape index (κ2) is 48.9. The van der Waals surface area contributed by atoms with Crippen molar-refractivity contribution in [1.82, 2.24) is 0 Å². The molecule has 9 heteroatoms. The third kappa shape index (κ3) is 52.5. The second-order valence-electron chi connectivity index (χ2n) is 20.7. The highest BCUT2D eigenvalue weighted by Gasteiger charge is 2.20. The molecular formula is C55H112NO7P. The lowest BCUT2D eigenvalue weighted by molar-refractivity contribution is -0.870. The molecule has 0 aliphatic heterocycles. The van der Waals surface area contributed by atoms with Crippen molar-refractivity contribution in [2.75, 3.05) is 54.1 Å². The van der Waals surface area contributed by atoms with Gasteiger partial charge in [-0.25, -0.2) is 0 Å². The molecule has 0 saturated carbocycles. The standard InChI is InChI=1S/C55H112NO7P/c1-6-8-10-12-14-16-18-20-22-24-26-27-28-29-30-31-32-34-36-38-40-42-44-46-48-55(57)63-54(53-62-64(58,59)61-51-49-56(3,4)5)52-60-50-47-45-43-41-39-37-35-33-25-23-21-19-17-15-13-11-9-7-2/h54H,6-53H2,1-5H3. The van der Waals surface area contributed by atoms with Crippen molar-refractivity contribution in [2.24, 2.45) is 0 Å². The van der Waals surface area contributed by atoms with Gasteiger partial charge in [0.25, 0.3) is 7.82 Å². The van der Waals surface area contributed by atoms with Crippen LogP contribution in [0.4, 0.5) is 0 Å². The maximum atomic E-state index is 12.8. The third-order valence-corrected chi connectivity index (χ3v) is 13.9. The van der Waals surface area contributed by atoms with Gasteiger partial charge in [0, 0.05) is 13.0 Å². The van der Waals surface area contributed by atoms with Gasteiger partial charge in [-0.2, -0.15) is 0 Å². The Morgan fingerprint density at radius 2 is 0.719 bits per heavy atom. The first kappa shape index (κ1) is 63.5. The smallest absolute Gasteiger partial charge is 0.306 e. The van der Waals surface area contributed by atoms with Crippen LogP contribution >= 0.6 is 7.82 Å². The molecule has 384 valence electrons. The Bertz CT molecular complexity index is 992. The summed E-state index contributed by atoms with van der Waals surface area (Å²) in [5.74, 6) is -0.323. The predicted molar refractivity (Wildman–Crippen MR) is 273 cm³/mol. The van der Waals surface area contributed by atoms with Crippen molar-refractivity contribution in [3.05, 3.63) is 0 Å². The number of nitrogens with zero attached hydrogens (tertiary/aromatic N) is 1. The molecule has 0 N–H and O–H groups in total. The topological polar surface area (TPSA) is 94.1 Å². The number of carbonyl (C=O) groups is 1. The first-order chi connectivity index (χ1) is 31.1. The average Bonchev–Trinajstić information content (AvgIpc) is 3.25. The van der Waals surface area contributed by atoms with Gasteiger partial charge < -0.3 is 27.9 Å². The van der Waals surface area contributed by atoms with Gasteiger partial charge in [-0.1, -0.05) is 271 Å². The summed E-state index contributed by atoms with van der Waals surface area (Å²) in [6.45, 7) is 5.51. The summed E-state index contributed by atoms with van der Waals surface area (Å²) in [6, 6.07) is 0. The fourth-order valence-electron chi connectivity index (χ4n) is 8.55. The number of phosphoric ester groups is 1. The van der Waals surface area contributed by atoms with E-state index in [0.29, 0.717) is 24.1 Å². The molecule has 0 aromatic heterocycles. The lowest BCUT2D eigenvalue weighted by Gasteiger charge is -2.28. The van der Waals surface area contributed by atoms with Crippen LogP contribution in [0, 0.1) is 0 Å². The number of hydrogen-bond donors (Lipinski definition) is 0. The van der Waals surface area contributed by atoms with Crippen molar-refractivity contribution in [3.63, 3.8) is 0 Å². The highest BCUT2D eigenvalue weighted by Crippen LogP contribution is 2.38. The molecule has 2 unspecified atom stereocenters. The van der Waals surface area contributed by atoms with Gasteiger partial charge in [0.05, 0.1) is 34.4 Å². The van der Waals surface area contributed by atoms with Crippen LogP contribution in [0.15, 0.2) is 0 Å². The first-order valence-electron chi connectivity index (χ1n) is 28.3. The second-order valence-corrected chi connectivity index (χ2v) is 22.1. The Balaban J connectivity index is 4.01. The van der Waals surface area contributed by atoms with E-state index in [9.17, 15) is 14.3 Å². The van der Waals surface area contributed by atoms with E-state index in [1.807, 2.05) is 21.1 Å². The van der Waals surface area contributed by atoms with Gasteiger partial charge in [0.15, 0.2) is 0 Å². The molecule has 8 nitrogen and oxygen atoms in total. The van der Waals surface area contributed by atoms with Gasteiger partial charge in [-0.15, -0.1) is 0 Å². The zero-order chi connectivity index (χ0) is 46.9. The van der Waals surface area contributed by atoms with Gasteiger partial charge in [0.2, 0.25) is 0 Å². The minimum absolute atomic E-state index is 0.0319. The molecule has 0 amide bonds. The molecular weight excluding hydrogens is 818 g/mol. The number of phosphoric acid groups is 1. The maximum Gasteiger partial charge on any atom is 0.306 e. The number of quaternary nitrogens is 1. The molecule has 0 aromatic rings. The molecule has 0 spiro atoms. The molecule has 0 radical (unpaired) electrons. The highest BCUT2D eigenvalue weighted by atomic mass is 31.2. The summed E-state index contributed by atoms with van der Waals surface area (Å²) in [6.07, 6.45) is 55.7. The van der Waals surface area contributed by atoms with Crippen molar-refractivity contribution in [2.45, 2.75) is 296 Å². The Morgan fingerprint density at radius 3 is 1.03 bits per heavy atom. The average molecular weight is 930 g/mol. The fraction of sp³-hybridized carbons (Fsp3) is 0.982. The van der Waals surface area contributed by atoms with Gasteiger partial charge in [-0.3, -0.25) is 9.36 Å². The molecule has 0 fully saturated rings. The molecule has 0 saturated heterocycles. The normalized spacial score (nSPS) is 13.4. The Labute approximate surface area is 399 Å². The molecule has 0 heterocycles. The van der Waals surface area contributed by atoms with Crippen LogP contribution in [0.2, 0.25) is 0 Å². The molecule has 0 aliphatic rings. The highest BCUT2D eigenvalue weighted by molar-refractivity contribution is 7.45. The number of likely N-dealkylation sites (N-methyl/N-ethyl adjacent to an activating group) is 1. The molecule has 0 aromatic carbocycles. The summed E-state index contributed by atoms with van der Waals surface area (Å²) >= 11 is 0. The van der Waals surface area contributed by atoms with Crippen molar-refractivity contribution >= 4 is 13.8 Å². The summed E-state index contributed by atoms with van der Waals surface area (Å²) in [5, 5.41) is 0. The summed E-state index contributed by atoms with van der Waals surface area (Å²) in [7, 11) is 1.38. The number of ether oxygens (including phenoxy) is 2. The van der Waals surface area contributed by atoms with Crippen LogP contribution in [-0.2, 0) is 27.9 Å². The maximum absolute atomic E-state index is 12.8. The molecule has 0 bridgehead atoms. The predicted octanol–water partition coefficient (Wildman–Crippen LogP) is 16.9. The fourth-order valence-corrected chi connectivity index (χ4v) is 9.28. The van der Waals surface area contributed by atoms with E-state index in [2.05, 4.69) is 13.8 Å². The Morgan fingerprint density at radius 1 is 0.422 bits per heavy atom. The summed E-state index contributed by atoms with van der Waals surface area (Å²) in [5.41, 5.74) is 0. The number of carbonyl (C=O) groups excluding carboxylic acids is 1. The molecule has 0 aliphatic carbocycles. The van der Waals surface area contributed by atoms with Crippen LogP contribution in [0.1, 0.15) is 290 Å². The van der Waals surface area contributed by atoms with E-state index in [1.54, 1.807) is 0 Å². The largest absolute Gasteiger partial charge is 0.756 e. The van der Waals surface area contributed by atoms with E-state index >= 15 is 0 Å². The monoisotopic (exact) mass is 930 g/mol. The minimum atomic E-state index is -4.52. The van der Waals surface area contributed by atoms with Crippen molar-refractivity contribution < 1.29 is 37.3 Å². The van der Waals surface area contributed by atoms with E-state index < -0.39 is 13.9 Å². The van der Waals surface area contributed by atoms with Gasteiger partial charge in [-0.05, 0) is 12.8 Å². The first-order valence-corrected chi connectivity index (χ1v) is 29.7. The Hall–Kier alpha value is -0.500. The lowest BCUT2D eigenvalue weighted by atomic mass is 10.0. The van der Waals surface area contributed by atoms with Gasteiger partial charge in [0.1, 0.15) is 19.3 Å². The quantitative estimate of drug-likeness (QED) is 0.0259. The number of hydrogen-bond acceptors (Lipinski definition) is 7. The number of esters is 1. The molecule has 0 rings (SSSR count). The van der Waals surface area contributed by atoms with Crippen LogP contribution < -0.4 is 4.89 Å². The van der Waals surface area contributed by atoms with E-state index in [-0.39, 0.29) is 25.8 Å². The lowest BCUT2D eigenvalue weighted by Crippen LogP contribution is -2.37. The summed E-state index contributed by atoms with van der Waals surface area (Å²) in [4.78, 5) is 25.2. The van der Waals surface area contributed by atoms with E-state index in [0.717, 1.165) is 32.1 Å². The van der Waals surface area contributed by atoms with Crippen LogP contribution in [0.3, 0.4) is 0 Å².